The molecule has 0 saturated heterocycles. The molecule has 6 nitrogen and oxygen atoms in total. The van der Waals surface area contributed by atoms with E-state index in [2.05, 4.69) is 4.98 Å². The Labute approximate surface area is 209 Å². The molecule has 0 aliphatic rings. The van der Waals surface area contributed by atoms with Gasteiger partial charge in [0.1, 0.15) is 0 Å². The van der Waals surface area contributed by atoms with E-state index in [1.807, 2.05) is 108 Å². The van der Waals surface area contributed by atoms with Crippen molar-refractivity contribution >= 4 is 37.4 Å². The Morgan fingerprint density at radius 2 is 1.14 bits per heavy atom. The first-order chi connectivity index (χ1) is 17.7. The van der Waals surface area contributed by atoms with E-state index in [0.717, 1.165) is 32.4 Å². The Bertz CT molecular complexity index is 1910. The summed E-state index contributed by atoms with van der Waals surface area (Å²) in [6.07, 6.45) is 0. The molecular weight excluding hydrogens is 466 g/mol. The summed E-state index contributed by atoms with van der Waals surface area (Å²) in [7, 11) is 0. The molecule has 0 aliphatic carbocycles. The Morgan fingerprint density at radius 1 is 0.556 bits per heavy atom. The van der Waals surface area contributed by atoms with Crippen molar-refractivity contribution in [1.29, 1.82) is 0 Å². The molecule has 0 saturated carbocycles. The van der Waals surface area contributed by atoms with Crippen molar-refractivity contribution in [3.05, 3.63) is 113 Å². The molecule has 36 heavy (non-hydrogen) atoms. The van der Waals surface area contributed by atoms with Crippen molar-refractivity contribution in [1.82, 2.24) is 24.3 Å². The van der Waals surface area contributed by atoms with Gasteiger partial charge in [0.2, 0.25) is 0 Å². The van der Waals surface area contributed by atoms with E-state index in [1.165, 1.54) is 11.3 Å². The lowest BCUT2D eigenvalue weighted by molar-refractivity contribution is 1.07. The maximum Gasteiger partial charge on any atom is 0.281 e. The van der Waals surface area contributed by atoms with Gasteiger partial charge in [0.05, 0.1) is 21.1 Å². The molecule has 0 bridgehead atoms. The fourth-order valence-corrected chi connectivity index (χ4v) is 5.43. The third-order valence-electron chi connectivity index (χ3n) is 6.12. The molecule has 0 aliphatic heterocycles. The molecule has 7 aromatic rings. The number of thiazole rings is 1. The summed E-state index contributed by atoms with van der Waals surface area (Å²) in [4.78, 5) is 32.4. The summed E-state index contributed by atoms with van der Waals surface area (Å²) in [5, 5.41) is 0.525. The molecule has 0 fully saturated rings. The van der Waals surface area contributed by atoms with Crippen LogP contribution in [0.3, 0.4) is 0 Å². The first kappa shape index (κ1) is 20.6. The van der Waals surface area contributed by atoms with Gasteiger partial charge in [0.25, 0.3) is 5.56 Å². The number of para-hydroxylation sites is 1. The lowest BCUT2D eigenvalue weighted by atomic mass is 10.1. The van der Waals surface area contributed by atoms with Gasteiger partial charge in [-0.3, -0.25) is 9.20 Å². The zero-order valence-electron chi connectivity index (χ0n) is 18.9. The fraction of sp³-hybridized carbons (Fsp3) is 0. The zero-order chi connectivity index (χ0) is 24.1. The fourth-order valence-electron chi connectivity index (χ4n) is 4.41. The maximum absolute atomic E-state index is 13.1. The first-order valence-corrected chi connectivity index (χ1v) is 12.3. The quantitative estimate of drug-likeness (QED) is 0.297. The van der Waals surface area contributed by atoms with Gasteiger partial charge in [-0.05, 0) is 30.3 Å². The lowest BCUT2D eigenvalue weighted by Crippen LogP contribution is -2.09. The molecule has 3 aromatic heterocycles. The number of hydrogen-bond acceptors (Lipinski definition) is 6. The molecule has 170 valence electrons. The zero-order valence-corrected chi connectivity index (χ0v) is 19.7. The number of benzene rings is 4. The van der Waals surface area contributed by atoms with Gasteiger partial charge in [-0.15, -0.1) is 0 Å². The van der Waals surface area contributed by atoms with E-state index < -0.39 is 0 Å². The van der Waals surface area contributed by atoms with Crippen molar-refractivity contribution in [3.63, 3.8) is 0 Å². The molecule has 4 aromatic carbocycles. The highest BCUT2D eigenvalue weighted by atomic mass is 32.1. The van der Waals surface area contributed by atoms with Crippen LogP contribution in [0.5, 0.6) is 0 Å². The maximum atomic E-state index is 13.1. The largest absolute Gasteiger partial charge is 0.284 e. The van der Waals surface area contributed by atoms with Crippen LogP contribution in [0.15, 0.2) is 108 Å². The molecule has 0 radical (unpaired) electrons. The molecule has 7 rings (SSSR count). The summed E-state index contributed by atoms with van der Waals surface area (Å²) in [5.41, 5.74) is 4.10. The number of rotatable bonds is 3. The minimum absolute atomic E-state index is 0.265. The highest BCUT2D eigenvalue weighted by molar-refractivity contribution is 7.23. The molecule has 0 atom stereocenters. The smallest absolute Gasteiger partial charge is 0.281 e. The minimum atomic E-state index is -0.265. The van der Waals surface area contributed by atoms with Crippen molar-refractivity contribution in [3.8, 4) is 34.2 Å². The van der Waals surface area contributed by atoms with Crippen LogP contribution in [-0.2, 0) is 0 Å². The average molecular weight is 484 g/mol. The summed E-state index contributed by atoms with van der Waals surface area (Å²) in [5.74, 6) is 1.66. The van der Waals surface area contributed by atoms with E-state index in [4.69, 9.17) is 15.0 Å². The second kappa shape index (κ2) is 8.18. The highest BCUT2D eigenvalue weighted by Crippen LogP contribution is 2.30. The van der Waals surface area contributed by atoms with Gasteiger partial charge in [0, 0.05) is 16.7 Å². The monoisotopic (exact) mass is 483 g/mol. The molecule has 0 N–H and O–H groups in total. The Hall–Kier alpha value is -4.75. The molecular formula is C29H17N5OS. The van der Waals surface area contributed by atoms with E-state index in [-0.39, 0.29) is 5.56 Å². The van der Waals surface area contributed by atoms with Crippen LogP contribution in [0.2, 0.25) is 0 Å². The van der Waals surface area contributed by atoms with Gasteiger partial charge < -0.3 is 0 Å². The third kappa shape index (κ3) is 3.37. The Kier molecular flexibility index (Phi) is 4.68. The number of aromatic nitrogens is 5. The van der Waals surface area contributed by atoms with Crippen LogP contribution in [0.4, 0.5) is 0 Å². The number of nitrogens with zero attached hydrogens (tertiary/aromatic N) is 5. The van der Waals surface area contributed by atoms with Gasteiger partial charge in [-0.2, -0.15) is 4.98 Å². The second-order valence-corrected chi connectivity index (χ2v) is 9.38. The van der Waals surface area contributed by atoms with Crippen LogP contribution in [0.25, 0.3) is 60.2 Å². The third-order valence-corrected chi connectivity index (χ3v) is 7.14. The van der Waals surface area contributed by atoms with Crippen molar-refractivity contribution in [2.45, 2.75) is 0 Å². The SMILES string of the molecule is O=c1nc2sc3ccccc3n2c2ccc(-c3nc(-c4ccccc4)nc(-c4ccccc4)n3)cc12. The van der Waals surface area contributed by atoms with Crippen molar-refractivity contribution in [2.75, 3.05) is 0 Å². The van der Waals surface area contributed by atoms with Crippen LogP contribution < -0.4 is 5.56 Å². The minimum Gasteiger partial charge on any atom is -0.284 e. The summed E-state index contributed by atoms with van der Waals surface area (Å²) >= 11 is 1.51. The Morgan fingerprint density at radius 3 is 1.81 bits per heavy atom. The molecule has 7 heteroatoms. The normalized spacial score (nSPS) is 11.4. The summed E-state index contributed by atoms with van der Waals surface area (Å²) in [6.45, 7) is 0. The first-order valence-electron chi connectivity index (χ1n) is 11.5. The molecule has 0 amide bonds. The second-order valence-electron chi connectivity index (χ2n) is 8.37. The predicted molar refractivity (Wildman–Crippen MR) is 144 cm³/mol. The molecule has 0 spiro atoms. The van der Waals surface area contributed by atoms with E-state index in [1.54, 1.807) is 0 Å². The Balaban J connectivity index is 1.47. The average Bonchev–Trinajstić information content (AvgIpc) is 3.32. The van der Waals surface area contributed by atoms with Crippen molar-refractivity contribution < 1.29 is 0 Å². The van der Waals surface area contributed by atoms with Crippen molar-refractivity contribution in [2.24, 2.45) is 0 Å². The van der Waals surface area contributed by atoms with Gasteiger partial charge in [0.15, 0.2) is 22.4 Å². The van der Waals surface area contributed by atoms with Gasteiger partial charge in [-0.25, -0.2) is 15.0 Å². The standard InChI is InChI=1S/C29H17N5OS/c35-28-21-17-20(15-16-22(21)34-23-13-7-8-14-24(23)36-29(34)33-28)27-31-25(18-9-3-1-4-10-18)30-26(32-27)19-11-5-2-6-12-19/h1-17H. The number of fused-ring (bicyclic) bond motifs is 5. The van der Waals surface area contributed by atoms with Crippen LogP contribution >= 0.6 is 11.3 Å². The van der Waals surface area contributed by atoms with Gasteiger partial charge >= 0.3 is 0 Å². The van der Waals surface area contributed by atoms with Crippen LogP contribution in [0, 0.1) is 0 Å². The number of hydrogen-bond donors (Lipinski definition) is 0. The van der Waals surface area contributed by atoms with Gasteiger partial charge in [-0.1, -0.05) is 84.1 Å². The topological polar surface area (TPSA) is 73.0 Å². The van der Waals surface area contributed by atoms with E-state index in [9.17, 15) is 4.79 Å². The molecule has 3 heterocycles. The van der Waals surface area contributed by atoms with E-state index in [0.29, 0.717) is 27.8 Å². The summed E-state index contributed by atoms with van der Waals surface area (Å²) in [6, 6.07) is 33.5. The lowest BCUT2D eigenvalue weighted by Gasteiger charge is -2.09. The van der Waals surface area contributed by atoms with Crippen LogP contribution in [-0.4, -0.2) is 24.3 Å². The van der Waals surface area contributed by atoms with Crippen LogP contribution in [0.1, 0.15) is 0 Å². The van der Waals surface area contributed by atoms with E-state index >= 15 is 0 Å². The predicted octanol–water partition coefficient (Wildman–Crippen LogP) is 6.25. The summed E-state index contributed by atoms with van der Waals surface area (Å²) < 4.78 is 3.12. The highest BCUT2D eigenvalue weighted by Gasteiger charge is 2.15. The molecule has 0 unspecified atom stereocenters.